The SMILES string of the molecule is Nc1cc(=O)[nH]c(SCC2CSc3ccccc32)n1. The molecule has 3 N–H and O–H groups in total. The molecule has 1 aromatic carbocycles. The van der Waals surface area contributed by atoms with Crippen molar-refractivity contribution in [2.75, 3.05) is 17.2 Å². The standard InChI is InChI=1S/C13H13N3OS2/c14-11-5-12(17)16-13(15-11)19-7-8-6-18-10-4-2-1-3-9(8)10/h1-5,8H,6-7H2,(H3,14,15,16,17). The van der Waals surface area contributed by atoms with Crippen molar-refractivity contribution in [3.8, 4) is 0 Å². The number of benzene rings is 1. The molecule has 4 nitrogen and oxygen atoms in total. The van der Waals surface area contributed by atoms with Crippen molar-refractivity contribution in [1.29, 1.82) is 0 Å². The summed E-state index contributed by atoms with van der Waals surface area (Å²) in [5.41, 5.74) is 6.77. The molecule has 19 heavy (non-hydrogen) atoms. The van der Waals surface area contributed by atoms with Crippen LogP contribution < -0.4 is 11.3 Å². The molecule has 2 heterocycles. The zero-order chi connectivity index (χ0) is 13.2. The fourth-order valence-corrected chi connectivity index (χ4v) is 4.47. The number of aromatic nitrogens is 2. The van der Waals surface area contributed by atoms with Gasteiger partial charge in [-0.1, -0.05) is 30.0 Å². The number of nitrogens with one attached hydrogen (secondary N) is 1. The molecule has 1 unspecified atom stereocenters. The maximum absolute atomic E-state index is 11.3. The molecule has 1 atom stereocenters. The lowest BCUT2D eigenvalue weighted by atomic mass is 10.0. The number of thioether (sulfide) groups is 2. The van der Waals surface area contributed by atoms with Gasteiger partial charge in [-0.15, -0.1) is 11.8 Å². The van der Waals surface area contributed by atoms with Crippen molar-refractivity contribution in [2.24, 2.45) is 0 Å². The van der Waals surface area contributed by atoms with Crippen LogP contribution in [0.3, 0.4) is 0 Å². The molecule has 0 saturated heterocycles. The van der Waals surface area contributed by atoms with E-state index in [-0.39, 0.29) is 11.4 Å². The lowest BCUT2D eigenvalue weighted by Gasteiger charge is -2.09. The highest BCUT2D eigenvalue weighted by Gasteiger charge is 2.22. The Hall–Kier alpha value is -1.40. The number of rotatable bonds is 3. The van der Waals surface area contributed by atoms with Crippen LogP contribution in [0.2, 0.25) is 0 Å². The molecular formula is C13H13N3OS2. The number of hydrogen-bond donors (Lipinski definition) is 2. The predicted molar refractivity (Wildman–Crippen MR) is 79.9 cm³/mol. The van der Waals surface area contributed by atoms with E-state index in [1.165, 1.54) is 16.5 Å². The van der Waals surface area contributed by atoms with Crippen LogP contribution >= 0.6 is 23.5 Å². The van der Waals surface area contributed by atoms with E-state index in [2.05, 4.69) is 34.2 Å². The van der Waals surface area contributed by atoms with Gasteiger partial charge in [0.1, 0.15) is 5.82 Å². The quantitative estimate of drug-likeness (QED) is 0.671. The normalized spacial score (nSPS) is 17.4. The van der Waals surface area contributed by atoms with Crippen LogP contribution in [0.1, 0.15) is 11.5 Å². The molecule has 1 aliphatic rings. The van der Waals surface area contributed by atoms with Gasteiger partial charge in [0.15, 0.2) is 5.16 Å². The molecule has 0 radical (unpaired) electrons. The van der Waals surface area contributed by atoms with Crippen LogP contribution in [0.25, 0.3) is 0 Å². The summed E-state index contributed by atoms with van der Waals surface area (Å²) in [5.74, 6) is 2.75. The molecular weight excluding hydrogens is 278 g/mol. The molecule has 0 aliphatic carbocycles. The summed E-state index contributed by atoms with van der Waals surface area (Å²) in [6.07, 6.45) is 0. The molecule has 6 heteroatoms. The van der Waals surface area contributed by atoms with Crippen LogP contribution in [0.15, 0.2) is 45.2 Å². The summed E-state index contributed by atoms with van der Waals surface area (Å²) in [6, 6.07) is 9.77. The summed E-state index contributed by atoms with van der Waals surface area (Å²) in [4.78, 5) is 19.5. The number of fused-ring (bicyclic) bond motifs is 1. The summed E-state index contributed by atoms with van der Waals surface area (Å²) in [7, 11) is 0. The van der Waals surface area contributed by atoms with Gasteiger partial charge in [-0.25, -0.2) is 4.98 Å². The third-order valence-electron chi connectivity index (χ3n) is 2.96. The number of nitrogens with zero attached hydrogens (tertiary/aromatic N) is 1. The Labute approximate surface area is 119 Å². The van der Waals surface area contributed by atoms with Gasteiger partial charge in [0.05, 0.1) is 0 Å². The zero-order valence-corrected chi connectivity index (χ0v) is 11.8. The summed E-state index contributed by atoms with van der Waals surface area (Å²) >= 11 is 3.44. The number of hydrogen-bond acceptors (Lipinski definition) is 5. The molecule has 98 valence electrons. The van der Waals surface area contributed by atoms with Gasteiger partial charge < -0.3 is 10.7 Å². The van der Waals surface area contributed by atoms with Crippen molar-refractivity contribution in [3.63, 3.8) is 0 Å². The van der Waals surface area contributed by atoms with E-state index in [1.54, 1.807) is 11.8 Å². The maximum Gasteiger partial charge on any atom is 0.253 e. The Morgan fingerprint density at radius 3 is 3.16 bits per heavy atom. The highest BCUT2D eigenvalue weighted by atomic mass is 32.2. The number of aromatic amines is 1. The van der Waals surface area contributed by atoms with Gasteiger partial charge in [-0.05, 0) is 11.6 Å². The van der Waals surface area contributed by atoms with Crippen molar-refractivity contribution >= 4 is 29.3 Å². The minimum Gasteiger partial charge on any atom is -0.383 e. The fourth-order valence-electron chi connectivity index (χ4n) is 2.07. The Morgan fingerprint density at radius 2 is 2.32 bits per heavy atom. The summed E-state index contributed by atoms with van der Waals surface area (Å²) < 4.78 is 0. The van der Waals surface area contributed by atoms with Gasteiger partial charge in [-0.3, -0.25) is 4.79 Å². The Morgan fingerprint density at radius 1 is 1.47 bits per heavy atom. The number of nitrogen functional groups attached to an aromatic ring is 1. The van der Waals surface area contributed by atoms with E-state index in [1.807, 2.05) is 11.8 Å². The lowest BCUT2D eigenvalue weighted by Crippen LogP contribution is -2.10. The van der Waals surface area contributed by atoms with Crippen LogP contribution in [-0.2, 0) is 0 Å². The van der Waals surface area contributed by atoms with E-state index < -0.39 is 0 Å². The molecule has 1 aliphatic heterocycles. The van der Waals surface area contributed by atoms with Crippen LogP contribution in [-0.4, -0.2) is 21.5 Å². The molecule has 0 saturated carbocycles. The van der Waals surface area contributed by atoms with E-state index in [0.29, 0.717) is 11.1 Å². The van der Waals surface area contributed by atoms with Crippen molar-refractivity contribution in [2.45, 2.75) is 16.0 Å². The van der Waals surface area contributed by atoms with Crippen LogP contribution in [0, 0.1) is 0 Å². The second kappa shape index (κ2) is 5.30. The second-order valence-electron chi connectivity index (χ2n) is 4.33. The first-order chi connectivity index (χ1) is 9.22. The third kappa shape index (κ3) is 2.79. The van der Waals surface area contributed by atoms with Crippen molar-refractivity contribution < 1.29 is 0 Å². The third-order valence-corrected chi connectivity index (χ3v) is 5.25. The minimum atomic E-state index is -0.198. The van der Waals surface area contributed by atoms with Gasteiger partial charge in [-0.2, -0.15) is 0 Å². The fraction of sp³-hybridized carbons (Fsp3) is 0.231. The Bertz CT molecular complexity index is 656. The van der Waals surface area contributed by atoms with Gasteiger partial charge >= 0.3 is 0 Å². The van der Waals surface area contributed by atoms with Gasteiger partial charge in [0.25, 0.3) is 5.56 Å². The number of nitrogens with two attached hydrogens (primary N) is 1. The predicted octanol–water partition coefficient (Wildman–Crippen LogP) is 2.33. The largest absolute Gasteiger partial charge is 0.383 e. The Kier molecular flexibility index (Phi) is 3.52. The summed E-state index contributed by atoms with van der Waals surface area (Å²) in [5, 5.41) is 0.597. The average Bonchev–Trinajstić information content (AvgIpc) is 2.78. The molecule has 2 aromatic rings. The van der Waals surface area contributed by atoms with Crippen molar-refractivity contribution in [1.82, 2.24) is 9.97 Å². The molecule has 0 spiro atoms. The molecule has 0 fully saturated rings. The monoisotopic (exact) mass is 291 g/mol. The highest BCUT2D eigenvalue weighted by molar-refractivity contribution is 8.00. The highest BCUT2D eigenvalue weighted by Crippen LogP contribution is 2.41. The van der Waals surface area contributed by atoms with E-state index in [9.17, 15) is 4.79 Å². The first kappa shape index (κ1) is 12.6. The van der Waals surface area contributed by atoms with Crippen LogP contribution in [0.4, 0.5) is 5.82 Å². The minimum absolute atomic E-state index is 0.198. The second-order valence-corrected chi connectivity index (χ2v) is 6.40. The van der Waals surface area contributed by atoms with E-state index in [0.717, 1.165) is 11.5 Å². The summed E-state index contributed by atoms with van der Waals surface area (Å²) in [6.45, 7) is 0. The number of H-pyrrole nitrogens is 1. The Balaban J connectivity index is 1.72. The first-order valence-corrected chi connectivity index (χ1v) is 7.91. The van der Waals surface area contributed by atoms with Gasteiger partial charge in [0, 0.05) is 28.4 Å². The number of anilines is 1. The topological polar surface area (TPSA) is 71.8 Å². The zero-order valence-electron chi connectivity index (χ0n) is 10.1. The first-order valence-electron chi connectivity index (χ1n) is 5.94. The molecule has 0 bridgehead atoms. The van der Waals surface area contributed by atoms with Crippen LogP contribution in [0.5, 0.6) is 0 Å². The van der Waals surface area contributed by atoms with E-state index in [4.69, 9.17) is 5.73 Å². The van der Waals surface area contributed by atoms with Gasteiger partial charge in [0.2, 0.25) is 0 Å². The lowest BCUT2D eigenvalue weighted by molar-refractivity contribution is 0.883. The molecule has 1 aromatic heterocycles. The van der Waals surface area contributed by atoms with E-state index >= 15 is 0 Å². The maximum atomic E-state index is 11.3. The molecule has 3 rings (SSSR count). The van der Waals surface area contributed by atoms with Crippen molar-refractivity contribution in [3.05, 3.63) is 46.2 Å². The smallest absolute Gasteiger partial charge is 0.253 e. The average molecular weight is 291 g/mol. The molecule has 0 amide bonds.